The Labute approximate surface area is 153 Å². The van der Waals surface area contributed by atoms with Gasteiger partial charge in [0.2, 0.25) is 0 Å². The Hall–Kier alpha value is -2.60. The molecular formula is C19H17BrN2O3. The maximum atomic E-state index is 12.2. The molecule has 0 atom stereocenters. The molecule has 1 aromatic heterocycles. The van der Waals surface area contributed by atoms with Gasteiger partial charge in [-0.15, -0.1) is 0 Å². The molecule has 2 aromatic carbocycles. The second kappa shape index (κ2) is 7.98. The lowest BCUT2D eigenvalue weighted by Gasteiger charge is -2.07. The number of para-hydroxylation sites is 1. The monoisotopic (exact) mass is 400 g/mol. The van der Waals surface area contributed by atoms with Gasteiger partial charge in [-0.3, -0.25) is 4.79 Å². The number of benzene rings is 2. The molecule has 0 bridgehead atoms. The fraction of sp³-hybridized carbons (Fsp3) is 0.158. The van der Waals surface area contributed by atoms with Gasteiger partial charge in [0.25, 0.3) is 0 Å². The number of hydrazone groups is 1. The fourth-order valence-electron chi connectivity index (χ4n) is 2.27. The summed E-state index contributed by atoms with van der Waals surface area (Å²) >= 11 is 3.39. The normalized spacial score (nSPS) is 11.1. The fourth-order valence-corrected chi connectivity index (χ4v) is 2.65. The molecule has 0 aliphatic carbocycles. The van der Waals surface area contributed by atoms with Gasteiger partial charge in [-0.25, -0.2) is 5.43 Å². The number of nitrogens with zero attached hydrogens (tertiary/aromatic N) is 1. The van der Waals surface area contributed by atoms with E-state index in [1.54, 1.807) is 18.3 Å². The first-order valence-electron chi connectivity index (χ1n) is 7.91. The number of amides is 1. The van der Waals surface area contributed by atoms with Crippen molar-refractivity contribution in [3.8, 4) is 5.75 Å². The van der Waals surface area contributed by atoms with Gasteiger partial charge in [-0.1, -0.05) is 35.0 Å². The van der Waals surface area contributed by atoms with Crippen molar-refractivity contribution >= 4 is 39.0 Å². The van der Waals surface area contributed by atoms with Crippen LogP contribution >= 0.6 is 15.9 Å². The minimum atomic E-state index is -0.407. The lowest BCUT2D eigenvalue weighted by Crippen LogP contribution is -2.16. The summed E-state index contributed by atoms with van der Waals surface area (Å²) in [5.41, 5.74) is 3.92. The van der Waals surface area contributed by atoms with Crippen molar-refractivity contribution in [2.45, 2.75) is 13.3 Å². The summed E-state index contributed by atoms with van der Waals surface area (Å²) in [6.07, 6.45) is 2.48. The van der Waals surface area contributed by atoms with Gasteiger partial charge in [0.15, 0.2) is 5.76 Å². The topological polar surface area (TPSA) is 63.8 Å². The number of hydrogen-bond acceptors (Lipinski definition) is 4. The van der Waals surface area contributed by atoms with E-state index < -0.39 is 5.91 Å². The predicted octanol–water partition coefficient (Wildman–Crippen LogP) is 4.75. The highest BCUT2D eigenvalue weighted by Gasteiger charge is 2.11. The smallest absolute Gasteiger partial charge is 0.307 e. The summed E-state index contributed by atoms with van der Waals surface area (Å²) in [5, 5.41) is 4.85. The molecule has 0 aliphatic rings. The van der Waals surface area contributed by atoms with Crippen LogP contribution in [0.2, 0.25) is 0 Å². The molecule has 3 aromatic rings. The van der Waals surface area contributed by atoms with Gasteiger partial charge < -0.3 is 9.15 Å². The number of rotatable bonds is 6. The molecule has 0 aliphatic heterocycles. The standard InChI is InChI=1S/C19H17BrN2O3/c1-2-9-24-16-6-4-3-5-13(16)12-21-22-19(23)18-11-14-10-15(20)7-8-17(14)25-18/h3-8,10-12H,2,9H2,1H3,(H,22,23). The SMILES string of the molecule is CCCOc1ccccc1C=NNC(=O)c1cc2cc(Br)ccc2o1. The zero-order valence-corrected chi connectivity index (χ0v) is 15.2. The number of fused-ring (bicyclic) bond motifs is 1. The van der Waals surface area contributed by atoms with E-state index in [2.05, 4.69) is 26.5 Å². The third kappa shape index (κ3) is 4.28. The van der Waals surface area contributed by atoms with E-state index in [0.717, 1.165) is 27.6 Å². The lowest BCUT2D eigenvalue weighted by atomic mass is 10.2. The molecule has 1 N–H and O–H groups in total. The van der Waals surface area contributed by atoms with Crippen molar-refractivity contribution < 1.29 is 13.9 Å². The molecule has 1 heterocycles. The number of carbonyl (C=O) groups excluding carboxylic acids is 1. The largest absolute Gasteiger partial charge is 0.493 e. The maximum absolute atomic E-state index is 12.2. The van der Waals surface area contributed by atoms with Crippen LogP contribution in [0.1, 0.15) is 29.5 Å². The molecule has 0 spiro atoms. The molecule has 0 radical (unpaired) electrons. The minimum absolute atomic E-state index is 0.209. The average molecular weight is 401 g/mol. The first kappa shape index (κ1) is 17.2. The van der Waals surface area contributed by atoms with Crippen molar-refractivity contribution in [1.82, 2.24) is 5.43 Å². The third-order valence-electron chi connectivity index (χ3n) is 3.45. The zero-order valence-electron chi connectivity index (χ0n) is 13.7. The summed E-state index contributed by atoms with van der Waals surface area (Å²) in [7, 11) is 0. The second-order valence-corrected chi connectivity index (χ2v) is 6.29. The Balaban J connectivity index is 1.70. The van der Waals surface area contributed by atoms with Gasteiger partial charge >= 0.3 is 5.91 Å². The lowest BCUT2D eigenvalue weighted by molar-refractivity contribution is 0.0929. The second-order valence-electron chi connectivity index (χ2n) is 5.38. The number of ether oxygens (including phenoxy) is 1. The maximum Gasteiger partial charge on any atom is 0.307 e. The average Bonchev–Trinajstić information content (AvgIpc) is 3.04. The first-order chi connectivity index (χ1) is 12.2. The van der Waals surface area contributed by atoms with Crippen LogP contribution in [0, 0.1) is 0 Å². The molecule has 0 saturated heterocycles. The number of carbonyl (C=O) groups is 1. The molecular weight excluding hydrogens is 384 g/mol. The van der Waals surface area contributed by atoms with E-state index in [1.165, 1.54) is 0 Å². The Bertz CT molecular complexity index is 918. The van der Waals surface area contributed by atoms with E-state index >= 15 is 0 Å². The Kier molecular flexibility index (Phi) is 5.50. The zero-order chi connectivity index (χ0) is 17.6. The van der Waals surface area contributed by atoms with Crippen LogP contribution in [-0.2, 0) is 0 Å². The van der Waals surface area contributed by atoms with Crippen LogP contribution in [-0.4, -0.2) is 18.7 Å². The van der Waals surface area contributed by atoms with Crippen molar-refractivity contribution in [1.29, 1.82) is 0 Å². The summed E-state index contributed by atoms with van der Waals surface area (Å²) in [6.45, 7) is 2.68. The van der Waals surface area contributed by atoms with Crippen molar-refractivity contribution in [2.24, 2.45) is 5.10 Å². The Morgan fingerprint density at radius 1 is 1.28 bits per heavy atom. The van der Waals surface area contributed by atoms with Crippen molar-refractivity contribution in [2.75, 3.05) is 6.61 Å². The van der Waals surface area contributed by atoms with Gasteiger partial charge in [-0.2, -0.15) is 5.10 Å². The quantitative estimate of drug-likeness (QED) is 0.479. The Morgan fingerprint density at radius 3 is 2.96 bits per heavy atom. The highest BCUT2D eigenvalue weighted by molar-refractivity contribution is 9.10. The highest BCUT2D eigenvalue weighted by atomic mass is 79.9. The molecule has 6 heteroatoms. The van der Waals surface area contributed by atoms with E-state index in [4.69, 9.17) is 9.15 Å². The van der Waals surface area contributed by atoms with Crippen LogP contribution in [0.5, 0.6) is 5.75 Å². The molecule has 25 heavy (non-hydrogen) atoms. The summed E-state index contributed by atoms with van der Waals surface area (Å²) in [4.78, 5) is 12.2. The van der Waals surface area contributed by atoms with Crippen LogP contribution in [0.25, 0.3) is 11.0 Å². The van der Waals surface area contributed by atoms with E-state index in [9.17, 15) is 4.79 Å². The van der Waals surface area contributed by atoms with Crippen molar-refractivity contribution in [3.05, 3.63) is 64.3 Å². The number of nitrogens with one attached hydrogen (secondary N) is 1. The van der Waals surface area contributed by atoms with E-state index in [0.29, 0.717) is 12.2 Å². The van der Waals surface area contributed by atoms with Crippen LogP contribution < -0.4 is 10.2 Å². The van der Waals surface area contributed by atoms with Crippen molar-refractivity contribution in [3.63, 3.8) is 0 Å². The summed E-state index contributed by atoms with van der Waals surface area (Å²) < 4.78 is 12.1. The first-order valence-corrected chi connectivity index (χ1v) is 8.71. The molecule has 128 valence electrons. The number of halogens is 1. The number of hydrogen-bond donors (Lipinski definition) is 1. The molecule has 0 fully saturated rings. The van der Waals surface area contributed by atoms with Gasteiger partial charge in [-0.05, 0) is 42.8 Å². The van der Waals surface area contributed by atoms with Crippen LogP contribution in [0.4, 0.5) is 0 Å². The molecule has 0 saturated carbocycles. The molecule has 1 amide bonds. The number of furan rings is 1. The predicted molar refractivity (Wildman–Crippen MR) is 101 cm³/mol. The summed E-state index contributed by atoms with van der Waals surface area (Å²) in [5.74, 6) is 0.534. The minimum Gasteiger partial charge on any atom is -0.493 e. The van der Waals surface area contributed by atoms with Gasteiger partial charge in [0.05, 0.1) is 12.8 Å². The summed E-state index contributed by atoms with van der Waals surface area (Å²) in [6, 6.07) is 14.8. The highest BCUT2D eigenvalue weighted by Crippen LogP contribution is 2.23. The van der Waals surface area contributed by atoms with E-state index in [1.807, 2.05) is 43.3 Å². The molecule has 0 unspecified atom stereocenters. The van der Waals surface area contributed by atoms with Crippen LogP contribution in [0.15, 0.2) is 62.5 Å². The van der Waals surface area contributed by atoms with E-state index in [-0.39, 0.29) is 5.76 Å². The Morgan fingerprint density at radius 2 is 2.12 bits per heavy atom. The van der Waals surface area contributed by atoms with Crippen LogP contribution in [0.3, 0.4) is 0 Å². The van der Waals surface area contributed by atoms with Gasteiger partial charge in [0, 0.05) is 15.4 Å². The molecule has 5 nitrogen and oxygen atoms in total. The molecule has 3 rings (SSSR count). The van der Waals surface area contributed by atoms with Gasteiger partial charge in [0.1, 0.15) is 11.3 Å². The third-order valence-corrected chi connectivity index (χ3v) is 3.95.